The van der Waals surface area contributed by atoms with E-state index in [1.807, 2.05) is 69.2 Å². The van der Waals surface area contributed by atoms with Crippen molar-refractivity contribution in [1.29, 1.82) is 0 Å². The van der Waals surface area contributed by atoms with Gasteiger partial charge in [0.15, 0.2) is 0 Å². The third-order valence-electron chi connectivity index (χ3n) is 5.77. The molecular weight excluding hydrogens is 500 g/mol. The Morgan fingerprint density at radius 3 is 1.38 bits per heavy atom. The lowest BCUT2D eigenvalue weighted by Gasteiger charge is -2.24. The first-order valence-electron chi connectivity index (χ1n) is 14.2. The van der Waals surface area contributed by atoms with Crippen LogP contribution in [0.1, 0.15) is 109 Å². The highest BCUT2D eigenvalue weighted by Crippen LogP contribution is 2.08. The van der Waals surface area contributed by atoms with Gasteiger partial charge in [-0.3, -0.25) is 28.9 Å². The van der Waals surface area contributed by atoms with Crippen LogP contribution >= 0.6 is 0 Å². The minimum absolute atomic E-state index is 0.00333. The van der Waals surface area contributed by atoms with Gasteiger partial charge < -0.3 is 15.5 Å². The number of aliphatic carboxylic acids is 2. The molecule has 0 saturated heterocycles. The van der Waals surface area contributed by atoms with Gasteiger partial charge >= 0.3 is 11.9 Å². The Labute approximate surface area is 237 Å². The van der Waals surface area contributed by atoms with Crippen molar-refractivity contribution in [3.8, 4) is 0 Å². The van der Waals surface area contributed by atoms with Gasteiger partial charge in [-0.15, -0.1) is 0 Å². The number of carbonyl (C=O) groups is 5. The molecule has 0 heterocycles. The molecule has 0 fully saturated rings. The third kappa shape index (κ3) is 27.2. The van der Waals surface area contributed by atoms with Crippen molar-refractivity contribution in [1.82, 2.24) is 10.2 Å². The Morgan fingerprint density at radius 2 is 1.08 bits per heavy atom. The molecule has 0 rings (SSSR count). The molecule has 1 atom stereocenters. The Balaban J connectivity index is -0.000000509. The van der Waals surface area contributed by atoms with E-state index in [9.17, 15) is 24.0 Å². The Bertz CT molecular complexity index is 729. The molecule has 9 nitrogen and oxygen atoms in total. The second-order valence-corrected chi connectivity index (χ2v) is 12.0. The number of hydrogen-bond donors (Lipinski definition) is 3. The molecule has 0 radical (unpaired) electrons. The van der Waals surface area contributed by atoms with Crippen LogP contribution in [0.4, 0.5) is 0 Å². The average molecular weight is 559 g/mol. The van der Waals surface area contributed by atoms with E-state index in [0.29, 0.717) is 18.1 Å². The summed E-state index contributed by atoms with van der Waals surface area (Å²) >= 11 is 0. The third-order valence-corrected chi connectivity index (χ3v) is 5.77. The van der Waals surface area contributed by atoms with Crippen LogP contribution in [0.5, 0.6) is 0 Å². The van der Waals surface area contributed by atoms with Crippen molar-refractivity contribution in [2.75, 3.05) is 13.1 Å². The number of carboxylic acid groups (broad SMARTS) is 2. The summed E-state index contributed by atoms with van der Waals surface area (Å²) in [6.45, 7) is 23.3. The van der Waals surface area contributed by atoms with Gasteiger partial charge in [0.05, 0.1) is 19.5 Å². The molecule has 0 bridgehead atoms. The molecule has 0 aromatic rings. The molecule has 9 heteroatoms. The van der Waals surface area contributed by atoms with Crippen molar-refractivity contribution >= 4 is 29.3 Å². The fraction of sp³-hybridized carbons (Fsp3) is 0.833. The maximum absolute atomic E-state index is 11.5. The van der Waals surface area contributed by atoms with Crippen molar-refractivity contribution < 1.29 is 34.2 Å². The fourth-order valence-electron chi connectivity index (χ4n) is 3.05. The second-order valence-electron chi connectivity index (χ2n) is 12.0. The SMILES string of the molecule is CC(C)C(=O)CN(CC(=O)O)C(C)C.CC(C)CCC(=O)C(C)C.CC(C)NC(CC(=O)O)CC(=O)C(C)C. The fourth-order valence-corrected chi connectivity index (χ4v) is 3.05. The van der Waals surface area contributed by atoms with Crippen LogP contribution in [0.2, 0.25) is 0 Å². The number of nitrogens with zero attached hydrogens (tertiary/aromatic N) is 1. The van der Waals surface area contributed by atoms with E-state index in [1.54, 1.807) is 4.90 Å². The molecule has 3 N–H and O–H groups in total. The van der Waals surface area contributed by atoms with Crippen molar-refractivity contribution in [3.05, 3.63) is 0 Å². The zero-order chi connectivity index (χ0) is 31.5. The van der Waals surface area contributed by atoms with E-state index >= 15 is 0 Å². The highest BCUT2D eigenvalue weighted by atomic mass is 16.4. The topological polar surface area (TPSA) is 141 Å². The summed E-state index contributed by atoms with van der Waals surface area (Å²) in [5.74, 6) is -0.371. The van der Waals surface area contributed by atoms with Crippen molar-refractivity contribution in [2.45, 2.75) is 127 Å². The van der Waals surface area contributed by atoms with Crippen LogP contribution in [0.25, 0.3) is 0 Å². The van der Waals surface area contributed by atoms with Crippen LogP contribution in [0.15, 0.2) is 0 Å². The molecule has 1 unspecified atom stereocenters. The molecule has 0 saturated carbocycles. The molecule has 0 aliphatic carbocycles. The minimum Gasteiger partial charge on any atom is -0.481 e. The first kappa shape index (κ1) is 41.4. The molecule has 0 aliphatic rings. The quantitative estimate of drug-likeness (QED) is 0.222. The van der Waals surface area contributed by atoms with Gasteiger partial charge in [0.2, 0.25) is 0 Å². The van der Waals surface area contributed by atoms with Crippen molar-refractivity contribution in [3.63, 3.8) is 0 Å². The molecule has 0 amide bonds. The van der Waals surface area contributed by atoms with Gasteiger partial charge in [-0.05, 0) is 26.2 Å². The predicted molar refractivity (Wildman–Crippen MR) is 157 cm³/mol. The van der Waals surface area contributed by atoms with Gasteiger partial charge in [0, 0.05) is 48.7 Å². The number of rotatable bonds is 17. The normalized spacial score (nSPS) is 12.0. The summed E-state index contributed by atoms with van der Waals surface area (Å²) in [5.41, 5.74) is 0. The zero-order valence-corrected chi connectivity index (χ0v) is 26.7. The summed E-state index contributed by atoms with van der Waals surface area (Å²) < 4.78 is 0. The highest BCUT2D eigenvalue weighted by molar-refractivity contribution is 5.83. The van der Waals surface area contributed by atoms with Crippen LogP contribution in [-0.4, -0.2) is 75.6 Å². The number of hydrogen-bond acceptors (Lipinski definition) is 7. The van der Waals surface area contributed by atoms with E-state index < -0.39 is 11.9 Å². The van der Waals surface area contributed by atoms with Gasteiger partial charge in [0.25, 0.3) is 0 Å². The second kappa shape index (κ2) is 22.7. The summed E-state index contributed by atoms with van der Waals surface area (Å²) in [5, 5.41) is 20.4. The van der Waals surface area contributed by atoms with Gasteiger partial charge in [-0.1, -0.05) is 69.2 Å². The predicted octanol–water partition coefficient (Wildman–Crippen LogP) is 5.10. The summed E-state index contributed by atoms with van der Waals surface area (Å²) in [6.07, 6.45) is 2.09. The number of carbonyl (C=O) groups excluding carboxylic acids is 3. The average Bonchev–Trinajstić information content (AvgIpc) is 2.76. The van der Waals surface area contributed by atoms with Gasteiger partial charge in [0.1, 0.15) is 17.3 Å². The minimum atomic E-state index is -0.893. The van der Waals surface area contributed by atoms with E-state index in [4.69, 9.17) is 10.2 Å². The van der Waals surface area contributed by atoms with Crippen LogP contribution in [-0.2, 0) is 24.0 Å². The van der Waals surface area contributed by atoms with E-state index in [0.717, 1.165) is 12.8 Å². The highest BCUT2D eigenvalue weighted by Gasteiger charge is 2.20. The maximum Gasteiger partial charge on any atom is 0.317 e. The molecule has 0 aromatic carbocycles. The zero-order valence-electron chi connectivity index (χ0n) is 26.7. The van der Waals surface area contributed by atoms with Crippen LogP contribution < -0.4 is 5.32 Å². The molecule has 230 valence electrons. The molecule has 39 heavy (non-hydrogen) atoms. The smallest absolute Gasteiger partial charge is 0.317 e. The van der Waals surface area contributed by atoms with E-state index in [1.165, 1.54) is 0 Å². The number of Topliss-reactive ketones (excluding diaryl/α,β-unsaturated/α-hetero) is 3. The largest absolute Gasteiger partial charge is 0.481 e. The lowest BCUT2D eigenvalue weighted by Crippen LogP contribution is -2.40. The number of nitrogens with one attached hydrogen (secondary N) is 1. The van der Waals surface area contributed by atoms with Crippen molar-refractivity contribution in [2.24, 2.45) is 23.7 Å². The van der Waals surface area contributed by atoms with E-state index in [-0.39, 0.29) is 67.0 Å². The Hall–Kier alpha value is -2.13. The first-order chi connectivity index (χ1) is 17.7. The van der Waals surface area contributed by atoms with Crippen LogP contribution in [0, 0.1) is 23.7 Å². The first-order valence-corrected chi connectivity index (χ1v) is 14.2. The molecular formula is C30H58N2O7. The summed E-state index contributed by atoms with van der Waals surface area (Å²) in [6, 6.07) is 0.0144. The monoisotopic (exact) mass is 558 g/mol. The summed E-state index contributed by atoms with van der Waals surface area (Å²) in [7, 11) is 0. The lowest BCUT2D eigenvalue weighted by molar-refractivity contribution is -0.140. The molecule has 0 spiro atoms. The summed E-state index contributed by atoms with van der Waals surface area (Å²) in [4.78, 5) is 56.7. The van der Waals surface area contributed by atoms with Crippen LogP contribution in [0.3, 0.4) is 0 Å². The molecule has 0 aliphatic heterocycles. The van der Waals surface area contributed by atoms with E-state index in [2.05, 4.69) is 19.2 Å². The Kier molecular flexibility index (Phi) is 24.0. The number of ketones is 3. The number of carboxylic acids is 2. The Morgan fingerprint density at radius 1 is 0.615 bits per heavy atom. The standard InChI is InChI=1S/C11H21NO3.C10H19NO3.C9H18O/c1-7(2)10(13)5-9(6-11(14)15)12-8(3)4;1-7(2)9(12)5-11(8(3)4)6-10(13)14;1-7(2)5-6-9(10)8(3)4/h7-9,12H,5-6H2,1-4H3,(H,14,15);7-8H,5-6H2,1-4H3,(H,13,14);7-8H,5-6H2,1-4H3. The molecule has 0 aromatic heterocycles. The van der Waals surface area contributed by atoms with Gasteiger partial charge in [-0.25, -0.2) is 0 Å². The lowest BCUT2D eigenvalue weighted by atomic mass is 9.99. The van der Waals surface area contributed by atoms with Gasteiger partial charge in [-0.2, -0.15) is 0 Å². The maximum atomic E-state index is 11.5.